The smallest absolute Gasteiger partial charge is 0.0632 e. The standard InChI is InChI=1S/C13H20ClNO/c1-2-3-4-7-13(10-16)15-12-8-5-6-11(14)9-12/h5-6,8-9,13,15-16H,2-4,7,10H2,1H3. The van der Waals surface area contributed by atoms with Gasteiger partial charge in [-0.2, -0.15) is 0 Å². The van der Waals surface area contributed by atoms with E-state index in [2.05, 4.69) is 12.2 Å². The van der Waals surface area contributed by atoms with Crippen molar-refractivity contribution in [2.24, 2.45) is 0 Å². The van der Waals surface area contributed by atoms with Gasteiger partial charge in [0, 0.05) is 16.8 Å². The molecule has 16 heavy (non-hydrogen) atoms. The number of hydrogen-bond donors (Lipinski definition) is 2. The maximum Gasteiger partial charge on any atom is 0.0632 e. The largest absolute Gasteiger partial charge is 0.394 e. The van der Waals surface area contributed by atoms with Gasteiger partial charge in [-0.05, 0) is 24.6 Å². The molecule has 0 aliphatic heterocycles. The van der Waals surface area contributed by atoms with Crippen molar-refractivity contribution in [1.29, 1.82) is 0 Å². The van der Waals surface area contributed by atoms with Crippen LogP contribution in [0.25, 0.3) is 0 Å². The normalized spacial score (nSPS) is 12.4. The van der Waals surface area contributed by atoms with Gasteiger partial charge in [0.1, 0.15) is 0 Å². The van der Waals surface area contributed by atoms with E-state index in [1.165, 1.54) is 12.8 Å². The number of halogens is 1. The molecule has 1 aromatic carbocycles. The fourth-order valence-corrected chi connectivity index (χ4v) is 1.85. The maximum atomic E-state index is 9.26. The number of anilines is 1. The van der Waals surface area contributed by atoms with Crippen LogP contribution >= 0.6 is 11.6 Å². The number of aliphatic hydroxyl groups is 1. The number of aliphatic hydroxyl groups excluding tert-OH is 1. The van der Waals surface area contributed by atoms with Crippen molar-refractivity contribution < 1.29 is 5.11 Å². The summed E-state index contributed by atoms with van der Waals surface area (Å²) >= 11 is 5.90. The molecule has 1 rings (SSSR count). The van der Waals surface area contributed by atoms with Crippen molar-refractivity contribution >= 4 is 17.3 Å². The zero-order valence-electron chi connectivity index (χ0n) is 9.75. The number of hydrogen-bond acceptors (Lipinski definition) is 2. The molecular formula is C13H20ClNO. The molecule has 0 aliphatic rings. The fourth-order valence-electron chi connectivity index (χ4n) is 1.66. The minimum absolute atomic E-state index is 0.130. The molecule has 0 spiro atoms. The van der Waals surface area contributed by atoms with Crippen molar-refractivity contribution in [2.45, 2.75) is 38.6 Å². The quantitative estimate of drug-likeness (QED) is 0.714. The van der Waals surface area contributed by atoms with Crippen LogP contribution < -0.4 is 5.32 Å². The molecule has 0 saturated heterocycles. The lowest BCUT2D eigenvalue weighted by Gasteiger charge is -2.17. The summed E-state index contributed by atoms with van der Waals surface area (Å²) in [5.41, 5.74) is 0.975. The Bertz CT molecular complexity index is 304. The number of benzene rings is 1. The highest BCUT2D eigenvalue weighted by Crippen LogP contribution is 2.17. The predicted octanol–water partition coefficient (Wildman–Crippen LogP) is 3.69. The van der Waals surface area contributed by atoms with E-state index < -0.39 is 0 Å². The van der Waals surface area contributed by atoms with Crippen molar-refractivity contribution in [1.82, 2.24) is 0 Å². The second kappa shape index (κ2) is 7.53. The van der Waals surface area contributed by atoms with E-state index in [0.29, 0.717) is 0 Å². The van der Waals surface area contributed by atoms with Gasteiger partial charge < -0.3 is 10.4 Å². The Balaban J connectivity index is 2.43. The topological polar surface area (TPSA) is 32.3 Å². The summed E-state index contributed by atoms with van der Waals surface area (Å²) < 4.78 is 0. The summed E-state index contributed by atoms with van der Waals surface area (Å²) in [6, 6.07) is 7.73. The first-order valence-electron chi connectivity index (χ1n) is 5.89. The minimum Gasteiger partial charge on any atom is -0.394 e. The molecule has 0 saturated carbocycles. The summed E-state index contributed by atoms with van der Waals surface area (Å²) in [5, 5.41) is 13.3. The summed E-state index contributed by atoms with van der Waals surface area (Å²) in [6.07, 6.45) is 4.56. The first kappa shape index (κ1) is 13.3. The number of rotatable bonds is 7. The molecule has 0 heterocycles. The van der Waals surface area contributed by atoms with E-state index >= 15 is 0 Å². The Kier molecular flexibility index (Phi) is 6.27. The highest BCUT2D eigenvalue weighted by molar-refractivity contribution is 6.30. The van der Waals surface area contributed by atoms with E-state index in [4.69, 9.17) is 11.6 Å². The third-order valence-corrected chi connectivity index (χ3v) is 2.81. The lowest BCUT2D eigenvalue weighted by Crippen LogP contribution is -2.23. The third kappa shape index (κ3) is 4.86. The SMILES string of the molecule is CCCCCC(CO)Nc1cccc(Cl)c1. The highest BCUT2D eigenvalue weighted by Gasteiger charge is 2.06. The molecule has 1 unspecified atom stereocenters. The van der Waals surface area contributed by atoms with E-state index in [0.717, 1.165) is 23.6 Å². The van der Waals surface area contributed by atoms with Gasteiger partial charge in [-0.1, -0.05) is 43.9 Å². The van der Waals surface area contributed by atoms with Crippen molar-refractivity contribution in [3.8, 4) is 0 Å². The summed E-state index contributed by atoms with van der Waals surface area (Å²) in [5.74, 6) is 0. The molecule has 2 nitrogen and oxygen atoms in total. The van der Waals surface area contributed by atoms with E-state index in [-0.39, 0.29) is 12.6 Å². The van der Waals surface area contributed by atoms with Crippen LogP contribution in [0.15, 0.2) is 24.3 Å². The monoisotopic (exact) mass is 241 g/mol. The second-order valence-electron chi connectivity index (χ2n) is 4.03. The van der Waals surface area contributed by atoms with Crippen LogP contribution in [-0.2, 0) is 0 Å². The van der Waals surface area contributed by atoms with Gasteiger partial charge >= 0.3 is 0 Å². The van der Waals surface area contributed by atoms with Crippen LogP contribution in [0, 0.1) is 0 Å². The van der Waals surface area contributed by atoms with Crippen LogP contribution in [0.1, 0.15) is 32.6 Å². The zero-order valence-corrected chi connectivity index (χ0v) is 10.5. The zero-order chi connectivity index (χ0) is 11.8. The molecule has 1 atom stereocenters. The maximum absolute atomic E-state index is 9.26. The van der Waals surface area contributed by atoms with Gasteiger partial charge in [0.15, 0.2) is 0 Å². The van der Waals surface area contributed by atoms with E-state index in [1.54, 1.807) is 0 Å². The molecule has 0 amide bonds. The number of nitrogens with one attached hydrogen (secondary N) is 1. The van der Waals surface area contributed by atoms with Gasteiger partial charge in [0.25, 0.3) is 0 Å². The number of unbranched alkanes of at least 4 members (excludes halogenated alkanes) is 2. The first-order valence-corrected chi connectivity index (χ1v) is 6.27. The van der Waals surface area contributed by atoms with Crippen LogP contribution in [0.2, 0.25) is 5.02 Å². The molecule has 0 aliphatic carbocycles. The van der Waals surface area contributed by atoms with Gasteiger partial charge in [0.05, 0.1) is 6.61 Å². The summed E-state index contributed by atoms with van der Waals surface area (Å²) in [4.78, 5) is 0. The lowest BCUT2D eigenvalue weighted by atomic mass is 10.1. The van der Waals surface area contributed by atoms with Gasteiger partial charge in [-0.25, -0.2) is 0 Å². The Morgan fingerprint density at radius 3 is 2.81 bits per heavy atom. The van der Waals surface area contributed by atoms with Crippen molar-refractivity contribution in [3.05, 3.63) is 29.3 Å². The van der Waals surface area contributed by atoms with Crippen LogP contribution in [0.5, 0.6) is 0 Å². The van der Waals surface area contributed by atoms with Gasteiger partial charge in [0.2, 0.25) is 0 Å². The van der Waals surface area contributed by atoms with E-state index in [1.807, 2.05) is 24.3 Å². The van der Waals surface area contributed by atoms with Crippen LogP contribution in [0.3, 0.4) is 0 Å². The van der Waals surface area contributed by atoms with Crippen molar-refractivity contribution in [2.75, 3.05) is 11.9 Å². The molecule has 0 bridgehead atoms. The molecule has 3 heteroatoms. The van der Waals surface area contributed by atoms with E-state index in [9.17, 15) is 5.11 Å². The molecule has 0 fully saturated rings. The fraction of sp³-hybridized carbons (Fsp3) is 0.538. The van der Waals surface area contributed by atoms with Crippen LogP contribution in [-0.4, -0.2) is 17.8 Å². The molecular weight excluding hydrogens is 222 g/mol. The Morgan fingerprint density at radius 1 is 1.38 bits per heavy atom. The van der Waals surface area contributed by atoms with Crippen LogP contribution in [0.4, 0.5) is 5.69 Å². The predicted molar refractivity (Wildman–Crippen MR) is 70.1 cm³/mol. The third-order valence-electron chi connectivity index (χ3n) is 2.57. The highest BCUT2D eigenvalue weighted by atomic mass is 35.5. The molecule has 2 N–H and O–H groups in total. The average Bonchev–Trinajstić information content (AvgIpc) is 2.28. The van der Waals surface area contributed by atoms with Gasteiger partial charge in [-0.3, -0.25) is 0 Å². The Labute approximate surface area is 103 Å². The summed E-state index contributed by atoms with van der Waals surface area (Å²) in [7, 11) is 0. The molecule has 1 aromatic rings. The minimum atomic E-state index is 0.130. The second-order valence-corrected chi connectivity index (χ2v) is 4.47. The Morgan fingerprint density at radius 2 is 2.19 bits per heavy atom. The lowest BCUT2D eigenvalue weighted by molar-refractivity contribution is 0.266. The molecule has 90 valence electrons. The average molecular weight is 242 g/mol. The summed E-state index contributed by atoms with van der Waals surface area (Å²) in [6.45, 7) is 2.34. The molecule has 0 aromatic heterocycles. The van der Waals surface area contributed by atoms with Crippen molar-refractivity contribution in [3.63, 3.8) is 0 Å². The van der Waals surface area contributed by atoms with Gasteiger partial charge in [-0.15, -0.1) is 0 Å². The molecule has 0 radical (unpaired) electrons. The first-order chi connectivity index (χ1) is 7.76. The Hall–Kier alpha value is -0.730.